The van der Waals surface area contributed by atoms with E-state index in [2.05, 4.69) is 5.32 Å². The molecule has 1 spiro atoms. The van der Waals surface area contributed by atoms with Crippen molar-refractivity contribution in [1.82, 2.24) is 10.2 Å². The fourth-order valence-corrected chi connectivity index (χ4v) is 3.69. The van der Waals surface area contributed by atoms with E-state index in [4.69, 9.17) is 9.47 Å². The lowest BCUT2D eigenvalue weighted by atomic mass is 9.78. The number of nitrogens with one attached hydrogen (secondary N) is 1. The van der Waals surface area contributed by atoms with Crippen molar-refractivity contribution in [2.75, 3.05) is 33.0 Å². The van der Waals surface area contributed by atoms with Crippen molar-refractivity contribution in [3.63, 3.8) is 0 Å². The number of hydrogen-bond donors (Lipinski definition) is 1. The molecule has 0 radical (unpaired) electrons. The standard InChI is InChI=1S/C16H20N2O3/c19-15(12-1-2-13-14(9-12)21-11-20-13)18-8-5-16(10-18)3-6-17-7-4-16/h1-2,9,17H,3-8,10-11H2. The van der Waals surface area contributed by atoms with Gasteiger partial charge in [-0.05, 0) is 56.0 Å². The molecule has 0 aromatic heterocycles. The van der Waals surface area contributed by atoms with Crippen molar-refractivity contribution in [3.05, 3.63) is 23.8 Å². The number of amides is 1. The van der Waals surface area contributed by atoms with Crippen LogP contribution in [0.15, 0.2) is 18.2 Å². The SMILES string of the molecule is O=C(c1ccc2c(c1)OCO2)N1CCC2(CCNCC2)C1. The summed E-state index contributed by atoms with van der Waals surface area (Å²) in [5.74, 6) is 1.52. The molecule has 5 heteroatoms. The maximum atomic E-state index is 12.7. The van der Waals surface area contributed by atoms with Gasteiger partial charge in [0.05, 0.1) is 0 Å². The van der Waals surface area contributed by atoms with Crippen molar-refractivity contribution in [2.45, 2.75) is 19.3 Å². The van der Waals surface area contributed by atoms with Gasteiger partial charge in [-0.25, -0.2) is 0 Å². The van der Waals surface area contributed by atoms with Crippen molar-refractivity contribution in [2.24, 2.45) is 5.41 Å². The molecule has 0 unspecified atom stereocenters. The van der Waals surface area contributed by atoms with Crippen molar-refractivity contribution < 1.29 is 14.3 Å². The Morgan fingerprint density at radius 3 is 2.81 bits per heavy atom. The van der Waals surface area contributed by atoms with E-state index in [9.17, 15) is 4.79 Å². The second-order valence-electron chi connectivity index (χ2n) is 6.29. The maximum Gasteiger partial charge on any atom is 0.254 e. The van der Waals surface area contributed by atoms with Gasteiger partial charge in [-0.15, -0.1) is 0 Å². The molecule has 5 nitrogen and oxygen atoms in total. The third-order valence-corrected chi connectivity index (χ3v) is 5.01. The van der Waals surface area contributed by atoms with Crippen LogP contribution in [0.25, 0.3) is 0 Å². The number of carbonyl (C=O) groups excluding carboxylic acids is 1. The first-order valence-corrected chi connectivity index (χ1v) is 7.66. The van der Waals surface area contributed by atoms with Gasteiger partial charge in [0.2, 0.25) is 6.79 Å². The fourth-order valence-electron chi connectivity index (χ4n) is 3.69. The minimum absolute atomic E-state index is 0.115. The minimum Gasteiger partial charge on any atom is -0.454 e. The molecule has 1 amide bonds. The molecule has 2 saturated heterocycles. The Hall–Kier alpha value is -1.75. The van der Waals surface area contributed by atoms with E-state index in [1.165, 1.54) is 12.8 Å². The summed E-state index contributed by atoms with van der Waals surface area (Å²) in [6, 6.07) is 5.47. The van der Waals surface area contributed by atoms with Crippen molar-refractivity contribution in [1.29, 1.82) is 0 Å². The molecule has 1 aromatic rings. The summed E-state index contributed by atoms with van der Waals surface area (Å²) in [7, 11) is 0. The summed E-state index contributed by atoms with van der Waals surface area (Å²) in [6.07, 6.45) is 3.49. The molecule has 3 aliphatic rings. The molecule has 0 bridgehead atoms. The van der Waals surface area contributed by atoms with E-state index in [1.807, 2.05) is 17.0 Å². The zero-order chi connectivity index (χ0) is 14.3. The highest BCUT2D eigenvalue weighted by molar-refractivity contribution is 5.95. The van der Waals surface area contributed by atoms with Gasteiger partial charge in [-0.3, -0.25) is 4.79 Å². The lowest BCUT2D eigenvalue weighted by molar-refractivity contribution is 0.0761. The monoisotopic (exact) mass is 288 g/mol. The van der Waals surface area contributed by atoms with Crippen LogP contribution in [0.2, 0.25) is 0 Å². The molecule has 2 fully saturated rings. The number of fused-ring (bicyclic) bond motifs is 1. The van der Waals surface area contributed by atoms with Crippen LogP contribution < -0.4 is 14.8 Å². The van der Waals surface area contributed by atoms with Crippen molar-refractivity contribution in [3.8, 4) is 11.5 Å². The van der Waals surface area contributed by atoms with Gasteiger partial charge in [0.25, 0.3) is 5.91 Å². The van der Waals surface area contributed by atoms with Gasteiger partial charge in [-0.2, -0.15) is 0 Å². The van der Waals surface area contributed by atoms with Gasteiger partial charge in [-0.1, -0.05) is 0 Å². The van der Waals surface area contributed by atoms with Crippen molar-refractivity contribution >= 4 is 5.91 Å². The number of piperidine rings is 1. The number of carbonyl (C=O) groups is 1. The molecular weight excluding hydrogens is 268 g/mol. The molecule has 1 N–H and O–H groups in total. The van der Waals surface area contributed by atoms with Crippen LogP contribution in [-0.4, -0.2) is 43.8 Å². The molecular formula is C16H20N2O3. The Morgan fingerprint density at radius 2 is 1.95 bits per heavy atom. The summed E-state index contributed by atoms with van der Waals surface area (Å²) in [5, 5.41) is 3.41. The van der Waals surface area contributed by atoms with Crippen LogP contribution in [-0.2, 0) is 0 Å². The predicted octanol–water partition coefficient (Wildman–Crippen LogP) is 1.63. The average molecular weight is 288 g/mol. The molecule has 0 saturated carbocycles. The predicted molar refractivity (Wildman–Crippen MR) is 77.6 cm³/mol. The first-order valence-electron chi connectivity index (χ1n) is 7.66. The lowest BCUT2D eigenvalue weighted by Gasteiger charge is -2.33. The van der Waals surface area contributed by atoms with Gasteiger partial charge in [0.15, 0.2) is 11.5 Å². The molecule has 4 rings (SSSR count). The topological polar surface area (TPSA) is 50.8 Å². The highest BCUT2D eigenvalue weighted by Gasteiger charge is 2.40. The highest BCUT2D eigenvalue weighted by atomic mass is 16.7. The largest absolute Gasteiger partial charge is 0.454 e. The molecule has 0 atom stereocenters. The first-order chi connectivity index (χ1) is 10.3. The molecule has 3 aliphatic heterocycles. The summed E-state index contributed by atoms with van der Waals surface area (Å²) in [4.78, 5) is 14.7. The average Bonchev–Trinajstić information content (AvgIpc) is 3.14. The van der Waals surface area contributed by atoms with Gasteiger partial charge in [0.1, 0.15) is 0 Å². The Labute approximate surface area is 124 Å². The number of ether oxygens (including phenoxy) is 2. The van der Waals surface area contributed by atoms with E-state index in [0.29, 0.717) is 16.7 Å². The van der Waals surface area contributed by atoms with E-state index in [-0.39, 0.29) is 12.7 Å². The quantitative estimate of drug-likeness (QED) is 0.853. The number of likely N-dealkylation sites (tertiary alicyclic amines) is 1. The van der Waals surface area contributed by atoms with Gasteiger partial charge in [0, 0.05) is 18.7 Å². The van der Waals surface area contributed by atoms with E-state index in [0.717, 1.165) is 38.3 Å². The molecule has 112 valence electrons. The van der Waals surface area contributed by atoms with Gasteiger partial charge < -0.3 is 19.7 Å². The number of rotatable bonds is 1. The van der Waals surface area contributed by atoms with Crippen LogP contribution in [0.1, 0.15) is 29.6 Å². The summed E-state index contributed by atoms with van der Waals surface area (Å²) >= 11 is 0. The second-order valence-corrected chi connectivity index (χ2v) is 6.29. The van der Waals surface area contributed by atoms with Gasteiger partial charge >= 0.3 is 0 Å². The number of hydrogen-bond acceptors (Lipinski definition) is 4. The maximum absolute atomic E-state index is 12.7. The normalized spacial score (nSPS) is 22.8. The van der Waals surface area contributed by atoms with E-state index in [1.54, 1.807) is 6.07 Å². The first kappa shape index (κ1) is 13.0. The Morgan fingerprint density at radius 1 is 1.14 bits per heavy atom. The van der Waals surface area contributed by atoms with Crippen LogP contribution in [0, 0.1) is 5.41 Å². The number of benzene rings is 1. The third kappa shape index (κ3) is 2.25. The molecule has 3 heterocycles. The van der Waals surface area contributed by atoms with E-state index < -0.39 is 0 Å². The molecule has 1 aromatic carbocycles. The Balaban J connectivity index is 1.50. The van der Waals surface area contributed by atoms with E-state index >= 15 is 0 Å². The highest BCUT2D eigenvalue weighted by Crippen LogP contribution is 2.39. The molecule has 21 heavy (non-hydrogen) atoms. The number of nitrogens with zero attached hydrogens (tertiary/aromatic N) is 1. The smallest absolute Gasteiger partial charge is 0.254 e. The fraction of sp³-hybridized carbons (Fsp3) is 0.562. The van der Waals surface area contributed by atoms with Crippen LogP contribution >= 0.6 is 0 Å². The van der Waals surface area contributed by atoms with Crippen LogP contribution in [0.3, 0.4) is 0 Å². The minimum atomic E-state index is 0.115. The summed E-state index contributed by atoms with van der Waals surface area (Å²) in [5.41, 5.74) is 1.04. The Bertz CT molecular complexity index is 567. The molecule has 0 aliphatic carbocycles. The Kier molecular flexibility index (Phi) is 3.03. The van der Waals surface area contributed by atoms with Crippen LogP contribution in [0.5, 0.6) is 11.5 Å². The van der Waals surface area contributed by atoms with Crippen LogP contribution in [0.4, 0.5) is 0 Å². The second kappa shape index (κ2) is 4.91. The zero-order valence-electron chi connectivity index (χ0n) is 12.1. The lowest BCUT2D eigenvalue weighted by Crippen LogP contribution is -2.39. The third-order valence-electron chi connectivity index (χ3n) is 5.01. The summed E-state index contributed by atoms with van der Waals surface area (Å²) in [6.45, 7) is 4.15. The summed E-state index contributed by atoms with van der Waals surface area (Å²) < 4.78 is 10.7. The zero-order valence-corrected chi connectivity index (χ0v) is 12.1.